The second-order valence-corrected chi connectivity index (χ2v) is 10.2. The minimum Gasteiger partial charge on any atom is -0.444 e. The first-order valence-electron chi connectivity index (χ1n) is 11.6. The maximum atomic E-state index is 13.7. The van der Waals surface area contributed by atoms with Crippen molar-refractivity contribution in [2.75, 3.05) is 19.6 Å². The largest absolute Gasteiger partial charge is 0.444 e. The fourth-order valence-corrected chi connectivity index (χ4v) is 4.38. The van der Waals surface area contributed by atoms with E-state index in [0.717, 1.165) is 45.3 Å². The van der Waals surface area contributed by atoms with Crippen LogP contribution in [-0.4, -0.2) is 64.3 Å². The summed E-state index contributed by atoms with van der Waals surface area (Å²) in [6.07, 6.45) is 5.42. The number of halogens is 1. The van der Waals surface area contributed by atoms with Crippen LogP contribution in [0.1, 0.15) is 65.9 Å². The molecule has 6 nitrogen and oxygen atoms in total. The van der Waals surface area contributed by atoms with Gasteiger partial charge in [-0.15, -0.1) is 0 Å². The molecule has 2 aliphatic rings. The maximum absolute atomic E-state index is 13.7. The smallest absolute Gasteiger partial charge is 0.410 e. The van der Waals surface area contributed by atoms with Gasteiger partial charge < -0.3 is 14.4 Å². The molecule has 1 saturated heterocycles. The zero-order valence-electron chi connectivity index (χ0n) is 19.6. The first-order chi connectivity index (χ1) is 14.6. The molecule has 1 aromatic heterocycles. The third-order valence-corrected chi connectivity index (χ3v) is 6.25. The Morgan fingerprint density at radius 1 is 1.29 bits per heavy atom. The van der Waals surface area contributed by atoms with E-state index in [1.807, 2.05) is 25.7 Å². The SMILES string of the molecule is CC(C)N(CC1CCN(C(=O)OC(C)(C)C)CC1)[C@H]1C[C@H](OCc2cccnc2F)C1. The predicted molar refractivity (Wildman–Crippen MR) is 118 cm³/mol. The molecular weight excluding hydrogens is 397 g/mol. The average molecular weight is 436 g/mol. The van der Waals surface area contributed by atoms with Crippen molar-refractivity contribution >= 4 is 6.09 Å². The third kappa shape index (κ3) is 6.88. The van der Waals surface area contributed by atoms with Gasteiger partial charge >= 0.3 is 6.09 Å². The second-order valence-electron chi connectivity index (χ2n) is 10.2. The number of likely N-dealkylation sites (tertiary alicyclic amines) is 1. The van der Waals surface area contributed by atoms with E-state index in [1.54, 1.807) is 12.1 Å². The molecule has 31 heavy (non-hydrogen) atoms. The summed E-state index contributed by atoms with van der Waals surface area (Å²) in [6, 6.07) is 4.43. The average Bonchev–Trinajstić information content (AvgIpc) is 2.66. The summed E-state index contributed by atoms with van der Waals surface area (Å²) >= 11 is 0. The van der Waals surface area contributed by atoms with Gasteiger partial charge in [0.25, 0.3) is 0 Å². The highest BCUT2D eigenvalue weighted by Crippen LogP contribution is 2.32. The fourth-order valence-electron chi connectivity index (χ4n) is 4.38. The summed E-state index contributed by atoms with van der Waals surface area (Å²) in [6.45, 7) is 13.1. The Morgan fingerprint density at radius 2 is 1.97 bits per heavy atom. The van der Waals surface area contributed by atoms with Crippen LogP contribution < -0.4 is 0 Å². The summed E-state index contributed by atoms with van der Waals surface area (Å²) in [5, 5.41) is 0. The highest BCUT2D eigenvalue weighted by Gasteiger charge is 2.37. The van der Waals surface area contributed by atoms with E-state index in [9.17, 15) is 9.18 Å². The lowest BCUT2D eigenvalue weighted by Gasteiger charge is -2.46. The van der Waals surface area contributed by atoms with Gasteiger partial charge in [-0.3, -0.25) is 4.90 Å². The fraction of sp³-hybridized carbons (Fsp3) is 0.750. The van der Waals surface area contributed by atoms with Crippen LogP contribution in [0.25, 0.3) is 0 Å². The summed E-state index contributed by atoms with van der Waals surface area (Å²) in [5.41, 5.74) is 0.0667. The molecule has 7 heteroatoms. The van der Waals surface area contributed by atoms with Gasteiger partial charge in [0.15, 0.2) is 0 Å². The lowest BCUT2D eigenvalue weighted by atomic mass is 9.85. The number of hydrogen-bond donors (Lipinski definition) is 0. The Morgan fingerprint density at radius 3 is 2.55 bits per heavy atom. The lowest BCUT2D eigenvalue weighted by molar-refractivity contribution is -0.0715. The van der Waals surface area contributed by atoms with Crippen molar-refractivity contribution in [1.29, 1.82) is 0 Å². The van der Waals surface area contributed by atoms with Crippen LogP contribution in [0.15, 0.2) is 18.3 Å². The second kappa shape index (κ2) is 10.3. The molecule has 0 bridgehead atoms. The quantitative estimate of drug-likeness (QED) is 0.585. The molecule has 0 aromatic carbocycles. The molecule has 174 valence electrons. The standard InChI is InChI=1S/C24H38FN3O3/c1-17(2)28(15-18-8-11-27(12-9-18)23(29)31-24(3,4)5)20-13-21(14-20)30-16-19-7-6-10-26-22(19)25/h6-7,10,17-18,20-21H,8-9,11-16H2,1-5H3/t20-,21-. The molecule has 0 radical (unpaired) electrons. The summed E-state index contributed by atoms with van der Waals surface area (Å²) in [7, 11) is 0. The van der Waals surface area contributed by atoms with Crippen LogP contribution in [0.5, 0.6) is 0 Å². The highest BCUT2D eigenvalue weighted by atomic mass is 19.1. The number of ether oxygens (including phenoxy) is 2. The van der Waals surface area contributed by atoms with Crippen molar-refractivity contribution in [2.24, 2.45) is 5.92 Å². The zero-order valence-corrected chi connectivity index (χ0v) is 19.6. The van der Waals surface area contributed by atoms with Crippen molar-refractivity contribution in [1.82, 2.24) is 14.8 Å². The first-order valence-corrected chi connectivity index (χ1v) is 11.6. The lowest BCUT2D eigenvalue weighted by Crippen LogP contribution is -2.53. The molecule has 3 rings (SSSR count). The van der Waals surface area contributed by atoms with E-state index < -0.39 is 11.5 Å². The molecule has 1 aliphatic heterocycles. The monoisotopic (exact) mass is 435 g/mol. The molecule has 0 unspecified atom stereocenters. The summed E-state index contributed by atoms with van der Waals surface area (Å²) in [4.78, 5) is 20.4. The van der Waals surface area contributed by atoms with E-state index in [0.29, 0.717) is 23.6 Å². The number of hydrogen-bond acceptors (Lipinski definition) is 5. The third-order valence-electron chi connectivity index (χ3n) is 6.25. The molecule has 1 aromatic rings. The molecular formula is C24H38FN3O3. The molecule has 2 fully saturated rings. The topological polar surface area (TPSA) is 54.9 Å². The Bertz CT molecular complexity index is 723. The number of pyridine rings is 1. The maximum Gasteiger partial charge on any atom is 0.410 e. The Kier molecular flexibility index (Phi) is 7.92. The number of carbonyl (C=O) groups excluding carboxylic acids is 1. The highest BCUT2D eigenvalue weighted by molar-refractivity contribution is 5.68. The predicted octanol–water partition coefficient (Wildman–Crippen LogP) is 4.63. The van der Waals surface area contributed by atoms with E-state index >= 15 is 0 Å². The molecule has 1 saturated carbocycles. The van der Waals surface area contributed by atoms with Gasteiger partial charge in [-0.25, -0.2) is 9.78 Å². The van der Waals surface area contributed by atoms with Crippen molar-refractivity contribution in [3.63, 3.8) is 0 Å². The van der Waals surface area contributed by atoms with Crippen LogP contribution in [-0.2, 0) is 16.1 Å². The van der Waals surface area contributed by atoms with Gasteiger partial charge in [-0.2, -0.15) is 4.39 Å². The van der Waals surface area contributed by atoms with Gasteiger partial charge in [0.1, 0.15) is 5.60 Å². The number of carbonyl (C=O) groups is 1. The van der Waals surface area contributed by atoms with Gasteiger partial charge in [-0.1, -0.05) is 6.07 Å². The van der Waals surface area contributed by atoms with E-state index in [1.165, 1.54) is 6.20 Å². The summed E-state index contributed by atoms with van der Waals surface area (Å²) < 4.78 is 25.1. The van der Waals surface area contributed by atoms with Crippen LogP contribution >= 0.6 is 0 Å². The van der Waals surface area contributed by atoms with Crippen molar-refractivity contribution in [3.8, 4) is 0 Å². The van der Waals surface area contributed by atoms with E-state index in [4.69, 9.17) is 9.47 Å². The zero-order chi connectivity index (χ0) is 22.6. The Labute approximate surface area is 186 Å². The van der Waals surface area contributed by atoms with Crippen LogP contribution in [0.2, 0.25) is 0 Å². The van der Waals surface area contributed by atoms with Gasteiger partial charge in [0.05, 0.1) is 12.7 Å². The Balaban J connectivity index is 1.41. The molecule has 1 aliphatic carbocycles. The van der Waals surface area contributed by atoms with E-state index in [2.05, 4.69) is 23.7 Å². The molecule has 0 spiro atoms. The van der Waals surface area contributed by atoms with Crippen molar-refractivity contribution in [3.05, 3.63) is 29.8 Å². The number of piperidine rings is 1. The number of aromatic nitrogens is 1. The number of nitrogens with zero attached hydrogens (tertiary/aromatic N) is 3. The first kappa shape index (κ1) is 23.9. The van der Waals surface area contributed by atoms with Crippen LogP contribution in [0.4, 0.5) is 9.18 Å². The van der Waals surface area contributed by atoms with Gasteiger partial charge in [0.2, 0.25) is 5.95 Å². The van der Waals surface area contributed by atoms with Gasteiger partial charge in [-0.05, 0) is 72.3 Å². The van der Waals surface area contributed by atoms with E-state index in [-0.39, 0.29) is 18.8 Å². The minimum absolute atomic E-state index is 0.180. The molecule has 2 heterocycles. The van der Waals surface area contributed by atoms with Gasteiger partial charge in [0, 0.05) is 43.5 Å². The Hall–Kier alpha value is -1.73. The molecule has 0 N–H and O–H groups in total. The normalized spacial score (nSPS) is 22.6. The van der Waals surface area contributed by atoms with Crippen molar-refractivity contribution < 1.29 is 18.7 Å². The van der Waals surface area contributed by atoms with Crippen molar-refractivity contribution in [2.45, 2.75) is 90.7 Å². The van der Waals surface area contributed by atoms with Crippen LogP contribution in [0, 0.1) is 11.9 Å². The van der Waals surface area contributed by atoms with Crippen LogP contribution in [0.3, 0.4) is 0 Å². The summed E-state index contributed by atoms with van der Waals surface area (Å²) in [5.74, 6) is 0.144. The minimum atomic E-state index is -0.450. The molecule has 0 atom stereocenters. The molecule has 1 amide bonds. The number of rotatable bonds is 7. The number of amides is 1.